The van der Waals surface area contributed by atoms with Crippen LogP contribution in [0.5, 0.6) is 0 Å². The van der Waals surface area contributed by atoms with Gasteiger partial charge in [0.05, 0.1) is 18.3 Å². The molecular weight excluding hydrogens is 345 g/mol. The average Bonchev–Trinajstić information content (AvgIpc) is 2.58. The van der Waals surface area contributed by atoms with Crippen LogP contribution in [0, 0.1) is 5.41 Å². The van der Waals surface area contributed by atoms with Gasteiger partial charge in [0.25, 0.3) is 0 Å². The van der Waals surface area contributed by atoms with Crippen LogP contribution in [0.2, 0.25) is 0 Å². The van der Waals surface area contributed by atoms with E-state index in [0.717, 1.165) is 5.69 Å². The van der Waals surface area contributed by atoms with Gasteiger partial charge in [-0.05, 0) is 69.2 Å². The Bertz CT molecular complexity index is 445. The van der Waals surface area contributed by atoms with E-state index in [4.69, 9.17) is 4.74 Å². The van der Waals surface area contributed by atoms with Gasteiger partial charge in [-0.25, -0.2) is 0 Å². The standard InChI is InChI=1S/C18H29N3O.2ClH/c1-22-14-17(16-4-2-3-11-20-16)21-15-5-7-18(8-6-15)9-12-19-13-10-18;;/h2-4,11,15,17,19,21H,5-10,12-14H2,1H3;2*1H. The molecule has 4 nitrogen and oxygen atoms in total. The largest absolute Gasteiger partial charge is 0.383 e. The molecule has 1 atom stereocenters. The minimum atomic E-state index is 0. The molecule has 0 amide bonds. The second kappa shape index (κ2) is 10.6. The first-order valence-corrected chi connectivity index (χ1v) is 8.68. The monoisotopic (exact) mass is 375 g/mol. The number of methoxy groups -OCH3 is 1. The fraction of sp³-hybridized carbons (Fsp3) is 0.722. The van der Waals surface area contributed by atoms with E-state index in [1.54, 1.807) is 7.11 Å². The van der Waals surface area contributed by atoms with Gasteiger partial charge in [0.15, 0.2) is 0 Å². The van der Waals surface area contributed by atoms with Crippen molar-refractivity contribution in [2.45, 2.75) is 50.6 Å². The van der Waals surface area contributed by atoms with E-state index in [-0.39, 0.29) is 30.9 Å². The van der Waals surface area contributed by atoms with Crippen LogP contribution in [-0.4, -0.2) is 37.8 Å². The van der Waals surface area contributed by atoms with Gasteiger partial charge in [-0.3, -0.25) is 4.98 Å². The van der Waals surface area contributed by atoms with Gasteiger partial charge in [0, 0.05) is 19.3 Å². The van der Waals surface area contributed by atoms with Crippen molar-refractivity contribution in [3.63, 3.8) is 0 Å². The van der Waals surface area contributed by atoms with Crippen molar-refractivity contribution in [2.24, 2.45) is 5.41 Å². The molecule has 0 aromatic carbocycles. The first-order valence-electron chi connectivity index (χ1n) is 8.68. The lowest BCUT2D eigenvalue weighted by molar-refractivity contribution is 0.101. The highest BCUT2D eigenvalue weighted by Gasteiger charge is 2.36. The molecule has 1 aromatic rings. The molecule has 24 heavy (non-hydrogen) atoms. The van der Waals surface area contributed by atoms with E-state index in [2.05, 4.69) is 27.8 Å². The van der Waals surface area contributed by atoms with Crippen LogP contribution in [0.1, 0.15) is 50.3 Å². The second-order valence-electron chi connectivity index (χ2n) is 6.95. The van der Waals surface area contributed by atoms with E-state index in [9.17, 15) is 0 Å². The lowest BCUT2D eigenvalue weighted by atomic mass is 9.67. The molecule has 138 valence electrons. The van der Waals surface area contributed by atoms with Crippen molar-refractivity contribution in [2.75, 3.05) is 26.8 Å². The molecule has 2 N–H and O–H groups in total. The van der Waals surface area contributed by atoms with Crippen LogP contribution in [0.25, 0.3) is 0 Å². The summed E-state index contributed by atoms with van der Waals surface area (Å²) in [6, 6.07) is 6.92. The second-order valence-corrected chi connectivity index (χ2v) is 6.95. The third-order valence-corrected chi connectivity index (χ3v) is 5.53. The van der Waals surface area contributed by atoms with E-state index < -0.39 is 0 Å². The zero-order chi connectivity index (χ0) is 15.3. The summed E-state index contributed by atoms with van der Waals surface area (Å²) in [7, 11) is 1.77. The van der Waals surface area contributed by atoms with Crippen LogP contribution < -0.4 is 10.6 Å². The highest BCUT2D eigenvalue weighted by atomic mass is 35.5. The Labute approximate surface area is 158 Å². The summed E-state index contributed by atoms with van der Waals surface area (Å²) in [5.74, 6) is 0. The minimum absolute atomic E-state index is 0. The summed E-state index contributed by atoms with van der Waals surface area (Å²) in [5.41, 5.74) is 1.72. The highest BCUT2D eigenvalue weighted by molar-refractivity contribution is 5.85. The molecule has 2 fully saturated rings. The molecule has 0 radical (unpaired) electrons. The number of hydrogen-bond donors (Lipinski definition) is 2. The van der Waals surface area contributed by atoms with Crippen LogP contribution >= 0.6 is 24.8 Å². The van der Waals surface area contributed by atoms with Crippen molar-refractivity contribution < 1.29 is 4.74 Å². The first kappa shape index (κ1) is 21.7. The topological polar surface area (TPSA) is 46.2 Å². The SMILES string of the molecule is COCC(NC1CCC2(CCNCC2)CC1)c1ccccn1.Cl.Cl. The molecule has 1 aromatic heterocycles. The van der Waals surface area contributed by atoms with E-state index in [1.165, 1.54) is 51.6 Å². The van der Waals surface area contributed by atoms with Gasteiger partial charge in [-0.2, -0.15) is 0 Å². The molecule has 1 aliphatic heterocycles. The fourth-order valence-corrected chi connectivity index (χ4v) is 4.11. The van der Waals surface area contributed by atoms with Gasteiger partial charge in [-0.1, -0.05) is 6.07 Å². The predicted octanol–water partition coefficient (Wildman–Crippen LogP) is 3.51. The van der Waals surface area contributed by atoms with Gasteiger partial charge < -0.3 is 15.4 Å². The number of halogens is 2. The van der Waals surface area contributed by atoms with Gasteiger partial charge in [-0.15, -0.1) is 24.8 Å². The third-order valence-electron chi connectivity index (χ3n) is 5.53. The van der Waals surface area contributed by atoms with Crippen LogP contribution in [0.15, 0.2) is 24.4 Å². The van der Waals surface area contributed by atoms with Crippen molar-refractivity contribution in [3.8, 4) is 0 Å². The van der Waals surface area contributed by atoms with Crippen molar-refractivity contribution in [1.29, 1.82) is 0 Å². The molecule has 3 rings (SSSR count). The molecule has 1 saturated heterocycles. The summed E-state index contributed by atoms with van der Waals surface area (Å²) in [6.45, 7) is 3.10. The Balaban J connectivity index is 0.00000144. The fourth-order valence-electron chi connectivity index (χ4n) is 4.11. The normalized spacial score (nSPS) is 21.5. The number of pyridine rings is 1. The zero-order valence-corrected chi connectivity index (χ0v) is 16.1. The molecule has 2 aliphatic rings. The molecule has 1 spiro atoms. The molecule has 1 aliphatic carbocycles. The lowest BCUT2D eigenvalue weighted by Crippen LogP contribution is -2.44. The maximum absolute atomic E-state index is 5.40. The summed E-state index contributed by atoms with van der Waals surface area (Å²) in [4.78, 5) is 4.50. The summed E-state index contributed by atoms with van der Waals surface area (Å²) < 4.78 is 5.40. The maximum atomic E-state index is 5.40. The minimum Gasteiger partial charge on any atom is -0.383 e. The molecule has 6 heteroatoms. The Morgan fingerprint density at radius 1 is 1.21 bits per heavy atom. The van der Waals surface area contributed by atoms with Crippen LogP contribution in [0.3, 0.4) is 0 Å². The smallest absolute Gasteiger partial charge is 0.0734 e. The van der Waals surface area contributed by atoms with Crippen molar-refractivity contribution in [1.82, 2.24) is 15.6 Å². The molecule has 1 unspecified atom stereocenters. The number of ether oxygens (including phenoxy) is 1. The maximum Gasteiger partial charge on any atom is 0.0734 e. The Morgan fingerprint density at radius 2 is 1.92 bits per heavy atom. The zero-order valence-electron chi connectivity index (χ0n) is 14.5. The predicted molar refractivity (Wildman–Crippen MR) is 103 cm³/mol. The Kier molecular flexibility index (Phi) is 9.53. The van der Waals surface area contributed by atoms with E-state index in [0.29, 0.717) is 18.1 Å². The number of nitrogens with one attached hydrogen (secondary N) is 2. The average molecular weight is 376 g/mol. The van der Waals surface area contributed by atoms with Gasteiger partial charge >= 0.3 is 0 Å². The molecular formula is C18H31Cl2N3O. The molecule has 0 bridgehead atoms. The number of nitrogens with zero attached hydrogens (tertiary/aromatic N) is 1. The third kappa shape index (κ3) is 5.57. The van der Waals surface area contributed by atoms with Gasteiger partial charge in [0.2, 0.25) is 0 Å². The first-order chi connectivity index (χ1) is 10.8. The summed E-state index contributed by atoms with van der Waals surface area (Å²) in [5, 5.41) is 7.29. The number of rotatable bonds is 5. The Hall–Kier alpha value is -0.390. The molecule has 2 heterocycles. The van der Waals surface area contributed by atoms with E-state index in [1.807, 2.05) is 12.3 Å². The highest BCUT2D eigenvalue weighted by Crippen LogP contribution is 2.43. The number of piperidine rings is 1. The Morgan fingerprint density at radius 3 is 2.50 bits per heavy atom. The number of hydrogen-bond acceptors (Lipinski definition) is 4. The number of aromatic nitrogens is 1. The summed E-state index contributed by atoms with van der Waals surface area (Å²) in [6.07, 6.45) is 9.90. The van der Waals surface area contributed by atoms with Crippen LogP contribution in [-0.2, 0) is 4.74 Å². The lowest BCUT2D eigenvalue weighted by Gasteiger charge is -2.44. The summed E-state index contributed by atoms with van der Waals surface area (Å²) >= 11 is 0. The van der Waals surface area contributed by atoms with E-state index >= 15 is 0 Å². The van der Waals surface area contributed by atoms with Crippen LogP contribution in [0.4, 0.5) is 0 Å². The van der Waals surface area contributed by atoms with Crippen molar-refractivity contribution in [3.05, 3.63) is 30.1 Å². The van der Waals surface area contributed by atoms with Gasteiger partial charge in [0.1, 0.15) is 0 Å². The molecule has 1 saturated carbocycles. The van der Waals surface area contributed by atoms with Crippen molar-refractivity contribution >= 4 is 24.8 Å². The quantitative estimate of drug-likeness (QED) is 0.826.